The molecule has 2 heteroatoms. The van der Waals surface area contributed by atoms with Gasteiger partial charge in [0.1, 0.15) is 0 Å². The third-order valence-electron chi connectivity index (χ3n) is 15.0. The predicted octanol–water partition coefficient (Wildman–Crippen LogP) is 20.9. The van der Waals surface area contributed by atoms with Gasteiger partial charge in [-0.1, -0.05) is 209 Å². The van der Waals surface area contributed by atoms with E-state index >= 15 is 0 Å². The van der Waals surface area contributed by atoms with Gasteiger partial charge in [-0.2, -0.15) is 0 Å². The lowest BCUT2D eigenvalue weighted by molar-refractivity contribution is 0.568. The molecule has 0 saturated heterocycles. The zero-order valence-corrected chi connectivity index (χ0v) is 50.4. The van der Waals surface area contributed by atoms with Crippen LogP contribution >= 0.6 is 0 Å². The first-order valence-corrected chi connectivity index (χ1v) is 27.5. The van der Waals surface area contributed by atoms with E-state index in [2.05, 4.69) is 287 Å². The molecule has 0 aliphatic heterocycles. The number of nitrogens with zero attached hydrogens (tertiary/aromatic N) is 2. The molecule has 5 aromatic carbocycles. The summed E-state index contributed by atoms with van der Waals surface area (Å²) in [6, 6.07) is 47.2. The average molecular weight is 986 g/mol. The van der Waals surface area contributed by atoms with Crippen LogP contribution in [-0.4, -0.2) is 9.97 Å². The van der Waals surface area contributed by atoms with E-state index in [0.717, 1.165) is 67.3 Å². The van der Waals surface area contributed by atoms with Crippen LogP contribution in [0.4, 0.5) is 0 Å². The van der Waals surface area contributed by atoms with Crippen LogP contribution in [-0.2, 0) is 43.3 Å². The summed E-state index contributed by atoms with van der Waals surface area (Å²) in [7, 11) is 0. The predicted molar refractivity (Wildman–Crippen MR) is 324 cm³/mol. The summed E-state index contributed by atoms with van der Waals surface area (Å²) >= 11 is 0. The molecule has 0 spiro atoms. The Bertz CT molecular complexity index is 2680. The monoisotopic (exact) mass is 985 g/mol. The fourth-order valence-corrected chi connectivity index (χ4v) is 9.43. The van der Waals surface area contributed by atoms with Gasteiger partial charge in [0, 0.05) is 22.3 Å². The van der Waals surface area contributed by atoms with Crippen LogP contribution in [0.15, 0.2) is 121 Å². The first kappa shape index (κ1) is 56.1. The Labute approximate surface area is 450 Å². The van der Waals surface area contributed by atoms with Crippen LogP contribution in [0.5, 0.6) is 0 Å². The van der Waals surface area contributed by atoms with Gasteiger partial charge in [0.2, 0.25) is 0 Å². The zero-order valence-electron chi connectivity index (χ0n) is 50.4. The molecular formula is C72H92N2. The van der Waals surface area contributed by atoms with Crippen molar-refractivity contribution in [3.63, 3.8) is 0 Å². The number of rotatable bonds is 6. The third kappa shape index (κ3) is 12.9. The van der Waals surface area contributed by atoms with Gasteiger partial charge in [0.25, 0.3) is 0 Å². The summed E-state index contributed by atoms with van der Waals surface area (Å²) in [5.74, 6) is 0. The van der Waals surface area contributed by atoms with E-state index in [4.69, 9.17) is 9.97 Å². The molecule has 0 saturated carbocycles. The summed E-state index contributed by atoms with van der Waals surface area (Å²) in [6.07, 6.45) is 0. The smallest absolute Gasteiger partial charge is 0.0715 e. The Morgan fingerprint density at radius 1 is 0.189 bits per heavy atom. The first-order valence-electron chi connectivity index (χ1n) is 27.5. The maximum atomic E-state index is 5.65. The highest BCUT2D eigenvalue weighted by atomic mass is 14.7. The topological polar surface area (TPSA) is 25.8 Å². The molecule has 0 bridgehead atoms. The summed E-state index contributed by atoms with van der Waals surface area (Å²) in [5.41, 5.74) is 23.3. The van der Waals surface area contributed by atoms with Crippen molar-refractivity contribution in [3.05, 3.63) is 166 Å². The van der Waals surface area contributed by atoms with Crippen LogP contribution in [0.3, 0.4) is 0 Å². The number of hydrogen-bond donors (Lipinski definition) is 0. The van der Waals surface area contributed by atoms with Gasteiger partial charge < -0.3 is 0 Å². The first-order chi connectivity index (χ1) is 33.6. The lowest BCUT2D eigenvalue weighted by Crippen LogP contribution is -2.17. The summed E-state index contributed by atoms with van der Waals surface area (Å²) < 4.78 is 0. The quantitative estimate of drug-likeness (QED) is 0.166. The van der Waals surface area contributed by atoms with Crippen LogP contribution in [0.25, 0.3) is 67.3 Å². The number of benzene rings is 5. The van der Waals surface area contributed by atoms with E-state index in [1.165, 1.54) is 44.5 Å². The normalized spacial score (nSPS) is 13.4. The van der Waals surface area contributed by atoms with Crippen LogP contribution < -0.4 is 0 Å². The number of pyridine rings is 2. The van der Waals surface area contributed by atoms with E-state index in [-0.39, 0.29) is 43.3 Å². The van der Waals surface area contributed by atoms with E-state index in [1.54, 1.807) is 0 Å². The lowest BCUT2D eigenvalue weighted by atomic mass is 9.79. The SMILES string of the molecule is CC(C)(C)c1cc(-c2cc(-c3cccc(-c4cc(-c5cc(C(C)(C)C)cc(C(C)(C)C)c5)nc(-c5cc(C(C)(C)C)cc(C(C)(C)C)c5)c4)c3)cc(-c3cc(C(C)(C)C)cc(C(C)(C)C)c3)n2)cc(C(C)(C)C)c1. The van der Waals surface area contributed by atoms with Crippen LogP contribution in [0, 0.1) is 0 Å². The molecule has 390 valence electrons. The Kier molecular flexibility index (Phi) is 14.6. The second-order valence-electron chi connectivity index (χ2n) is 30.0. The molecule has 0 atom stereocenters. The molecule has 0 aliphatic rings. The highest BCUT2D eigenvalue weighted by molar-refractivity contribution is 5.83. The standard InChI is InChI=1S/C72H92N2/c1-65(2,3)53-29-49(30-54(41-53)66(4,5)6)61-37-47(38-62(73-61)50-31-55(67(7,8)9)42-56(32-50)68(10,11)12)45-26-25-27-46(28-45)48-39-63(51-33-57(69(13,14)15)43-58(34-51)70(16,17)18)74-64(40-48)52-35-59(71(19,20)21)44-60(36-52)72(22,23)24/h25-44H,1-24H3. The van der Waals surface area contributed by atoms with Crippen LogP contribution in [0.1, 0.15) is 211 Å². The summed E-state index contributed by atoms with van der Waals surface area (Å²) in [5, 5.41) is 0. The minimum atomic E-state index is -0.0412. The maximum absolute atomic E-state index is 5.65. The number of hydrogen-bond acceptors (Lipinski definition) is 2. The fraction of sp³-hybridized carbons (Fsp3) is 0.444. The molecule has 2 aromatic heterocycles. The molecule has 0 amide bonds. The van der Waals surface area contributed by atoms with Crippen molar-refractivity contribution in [2.45, 2.75) is 209 Å². The molecule has 7 rings (SSSR count). The Hall–Kier alpha value is -5.60. The fourth-order valence-electron chi connectivity index (χ4n) is 9.43. The van der Waals surface area contributed by atoms with E-state index in [9.17, 15) is 0 Å². The second kappa shape index (κ2) is 19.2. The molecule has 2 heterocycles. The molecule has 0 aliphatic carbocycles. The van der Waals surface area contributed by atoms with Crippen molar-refractivity contribution in [3.8, 4) is 67.3 Å². The minimum Gasteiger partial charge on any atom is -0.248 e. The molecule has 0 radical (unpaired) electrons. The average Bonchev–Trinajstić information content (AvgIpc) is 3.28. The van der Waals surface area contributed by atoms with Gasteiger partial charge in [0.15, 0.2) is 0 Å². The second-order valence-corrected chi connectivity index (χ2v) is 30.0. The van der Waals surface area contributed by atoms with Gasteiger partial charge >= 0.3 is 0 Å². The highest BCUT2D eigenvalue weighted by Crippen LogP contribution is 2.42. The van der Waals surface area contributed by atoms with Crippen molar-refractivity contribution in [1.29, 1.82) is 0 Å². The lowest BCUT2D eigenvalue weighted by Gasteiger charge is -2.27. The molecule has 2 nitrogen and oxygen atoms in total. The maximum Gasteiger partial charge on any atom is 0.0715 e. The minimum absolute atomic E-state index is 0.0412. The molecule has 7 aromatic rings. The van der Waals surface area contributed by atoms with Crippen molar-refractivity contribution in [2.24, 2.45) is 0 Å². The number of aromatic nitrogens is 2. The molecule has 74 heavy (non-hydrogen) atoms. The molecule has 0 fully saturated rings. The van der Waals surface area contributed by atoms with Crippen LogP contribution in [0.2, 0.25) is 0 Å². The van der Waals surface area contributed by atoms with Crippen molar-refractivity contribution >= 4 is 0 Å². The molecular weight excluding hydrogens is 893 g/mol. The Morgan fingerprint density at radius 3 is 0.527 bits per heavy atom. The van der Waals surface area contributed by atoms with Gasteiger partial charge in [-0.25, -0.2) is 9.97 Å². The van der Waals surface area contributed by atoms with Crippen molar-refractivity contribution in [2.75, 3.05) is 0 Å². The Balaban J connectivity index is 1.54. The van der Waals surface area contributed by atoms with Gasteiger partial charge in [0.05, 0.1) is 22.8 Å². The van der Waals surface area contributed by atoms with Gasteiger partial charge in [-0.3, -0.25) is 0 Å². The highest BCUT2D eigenvalue weighted by Gasteiger charge is 2.27. The molecule has 0 N–H and O–H groups in total. The van der Waals surface area contributed by atoms with E-state index in [1.807, 2.05) is 0 Å². The van der Waals surface area contributed by atoms with E-state index < -0.39 is 0 Å². The third-order valence-corrected chi connectivity index (χ3v) is 15.0. The van der Waals surface area contributed by atoms with Crippen molar-refractivity contribution < 1.29 is 0 Å². The molecule has 0 unspecified atom stereocenters. The summed E-state index contributed by atoms with van der Waals surface area (Å²) in [6.45, 7) is 55.6. The Morgan fingerprint density at radius 2 is 0.365 bits per heavy atom. The zero-order chi connectivity index (χ0) is 55.1. The summed E-state index contributed by atoms with van der Waals surface area (Å²) in [4.78, 5) is 11.3. The van der Waals surface area contributed by atoms with E-state index in [0.29, 0.717) is 0 Å². The van der Waals surface area contributed by atoms with Gasteiger partial charge in [-0.05, 0) is 189 Å². The van der Waals surface area contributed by atoms with Gasteiger partial charge in [-0.15, -0.1) is 0 Å². The largest absolute Gasteiger partial charge is 0.248 e. The van der Waals surface area contributed by atoms with Crippen molar-refractivity contribution in [1.82, 2.24) is 9.97 Å².